The molecule has 1 aromatic heterocycles. The van der Waals surface area contributed by atoms with Crippen molar-refractivity contribution in [2.45, 2.75) is 55.6 Å². The molecule has 4 nitrogen and oxygen atoms in total. The van der Waals surface area contributed by atoms with Crippen molar-refractivity contribution in [1.29, 1.82) is 0 Å². The number of nitrogens with two attached hydrogens (primary N) is 1. The van der Waals surface area contributed by atoms with Gasteiger partial charge < -0.3 is 10.3 Å². The van der Waals surface area contributed by atoms with Gasteiger partial charge in [-0.25, -0.2) is 0 Å². The van der Waals surface area contributed by atoms with Crippen molar-refractivity contribution in [3.8, 4) is 0 Å². The largest absolute Gasteiger partial charge is 0.337 e. The normalized spacial score (nSPS) is 38.9. The maximum absolute atomic E-state index is 6.54. The first-order valence-corrected chi connectivity index (χ1v) is 9.54. The molecule has 2 fully saturated rings. The molecule has 0 bridgehead atoms. The fraction of sp³-hybridized carbons (Fsp3) is 0.857. The highest BCUT2D eigenvalue weighted by atomic mass is 32.2. The fourth-order valence-corrected chi connectivity index (χ4v) is 5.93. The molecule has 1 aromatic rings. The number of aromatic nitrogens is 2. The lowest BCUT2D eigenvalue weighted by Gasteiger charge is -2.33. The molecule has 112 valence electrons. The first-order chi connectivity index (χ1) is 9.58. The summed E-state index contributed by atoms with van der Waals surface area (Å²) in [5.74, 6) is 4.51. The van der Waals surface area contributed by atoms with Gasteiger partial charge in [0.15, 0.2) is 5.82 Å². The molecular weight excluding hydrogens is 290 g/mol. The van der Waals surface area contributed by atoms with Crippen LogP contribution in [-0.4, -0.2) is 26.9 Å². The maximum atomic E-state index is 6.54. The lowest BCUT2D eigenvalue weighted by Crippen LogP contribution is -2.41. The summed E-state index contributed by atoms with van der Waals surface area (Å²) in [7, 11) is 0. The summed E-state index contributed by atoms with van der Waals surface area (Å²) in [6.45, 7) is 4.51. The van der Waals surface area contributed by atoms with E-state index in [1.807, 2.05) is 23.5 Å². The van der Waals surface area contributed by atoms with Crippen LogP contribution in [0.3, 0.4) is 0 Å². The Labute approximate surface area is 129 Å². The van der Waals surface area contributed by atoms with E-state index < -0.39 is 5.54 Å². The van der Waals surface area contributed by atoms with Gasteiger partial charge in [-0.2, -0.15) is 16.7 Å². The van der Waals surface area contributed by atoms with Gasteiger partial charge in [-0.1, -0.05) is 31.8 Å². The molecule has 2 heterocycles. The highest BCUT2D eigenvalue weighted by Gasteiger charge is 2.39. The van der Waals surface area contributed by atoms with Crippen LogP contribution >= 0.6 is 23.5 Å². The summed E-state index contributed by atoms with van der Waals surface area (Å²) < 4.78 is 5.55. The molecule has 20 heavy (non-hydrogen) atoms. The van der Waals surface area contributed by atoms with E-state index in [-0.39, 0.29) is 0 Å². The Morgan fingerprint density at radius 2 is 2.10 bits per heavy atom. The summed E-state index contributed by atoms with van der Waals surface area (Å²) in [6.07, 6.45) is 4.32. The van der Waals surface area contributed by atoms with Gasteiger partial charge in [0.2, 0.25) is 5.89 Å². The van der Waals surface area contributed by atoms with Crippen LogP contribution in [0.4, 0.5) is 0 Å². The van der Waals surface area contributed by atoms with E-state index in [1.54, 1.807) is 0 Å². The molecular formula is C14H23N3OS2. The van der Waals surface area contributed by atoms with Crippen LogP contribution in [0.2, 0.25) is 0 Å². The van der Waals surface area contributed by atoms with Crippen molar-refractivity contribution in [2.24, 2.45) is 11.7 Å². The topological polar surface area (TPSA) is 64.9 Å². The van der Waals surface area contributed by atoms with Crippen molar-refractivity contribution in [1.82, 2.24) is 10.1 Å². The minimum Gasteiger partial charge on any atom is -0.337 e. The van der Waals surface area contributed by atoms with E-state index >= 15 is 0 Å². The molecule has 1 saturated heterocycles. The smallest absolute Gasteiger partial charge is 0.246 e. The highest BCUT2D eigenvalue weighted by Crippen LogP contribution is 2.42. The lowest BCUT2D eigenvalue weighted by atomic mass is 9.77. The SMILES string of the molecule is CC1CCCC(N)(c2nc(C3SCCSC3C)no2)C1. The number of hydrogen-bond donors (Lipinski definition) is 1. The molecule has 1 aliphatic carbocycles. The number of thioether (sulfide) groups is 2. The molecule has 0 spiro atoms. The first-order valence-electron chi connectivity index (χ1n) is 7.45. The van der Waals surface area contributed by atoms with Gasteiger partial charge in [0.05, 0.1) is 10.8 Å². The minimum absolute atomic E-state index is 0.343. The molecule has 1 aliphatic heterocycles. The zero-order valence-electron chi connectivity index (χ0n) is 12.2. The van der Waals surface area contributed by atoms with Gasteiger partial charge in [-0.3, -0.25) is 0 Å². The van der Waals surface area contributed by atoms with Gasteiger partial charge in [0.1, 0.15) is 0 Å². The highest BCUT2D eigenvalue weighted by molar-refractivity contribution is 8.06. The third-order valence-electron chi connectivity index (χ3n) is 4.34. The summed E-state index contributed by atoms with van der Waals surface area (Å²) in [6, 6.07) is 0. The van der Waals surface area contributed by atoms with E-state index in [0.717, 1.165) is 30.8 Å². The third kappa shape index (κ3) is 2.88. The van der Waals surface area contributed by atoms with Gasteiger partial charge in [-0.15, -0.1) is 11.8 Å². The van der Waals surface area contributed by atoms with E-state index in [1.165, 1.54) is 12.2 Å². The molecule has 1 saturated carbocycles. The molecule has 0 aromatic carbocycles. The van der Waals surface area contributed by atoms with Crippen LogP contribution in [0.15, 0.2) is 4.52 Å². The van der Waals surface area contributed by atoms with Crippen molar-refractivity contribution in [3.05, 3.63) is 11.7 Å². The second kappa shape index (κ2) is 5.89. The van der Waals surface area contributed by atoms with Gasteiger partial charge in [0, 0.05) is 16.8 Å². The summed E-state index contributed by atoms with van der Waals surface area (Å²) in [5, 5.41) is 5.12. The molecule has 0 amide bonds. The second-order valence-electron chi connectivity index (χ2n) is 6.18. The molecule has 2 N–H and O–H groups in total. The Bertz CT molecular complexity index is 467. The first kappa shape index (κ1) is 14.7. The predicted octanol–water partition coefficient (Wildman–Crippen LogP) is 3.34. The van der Waals surface area contributed by atoms with Crippen LogP contribution < -0.4 is 5.73 Å². The summed E-state index contributed by atoms with van der Waals surface area (Å²) in [5.41, 5.74) is 6.14. The number of hydrogen-bond acceptors (Lipinski definition) is 6. The quantitative estimate of drug-likeness (QED) is 0.903. The van der Waals surface area contributed by atoms with Crippen molar-refractivity contribution in [2.75, 3.05) is 11.5 Å². The van der Waals surface area contributed by atoms with Crippen LogP contribution in [-0.2, 0) is 5.54 Å². The average Bonchev–Trinajstić information content (AvgIpc) is 2.89. The Morgan fingerprint density at radius 1 is 1.30 bits per heavy atom. The molecule has 4 unspecified atom stereocenters. The molecule has 0 radical (unpaired) electrons. The van der Waals surface area contributed by atoms with Crippen molar-refractivity contribution < 1.29 is 4.52 Å². The zero-order valence-corrected chi connectivity index (χ0v) is 13.8. The van der Waals surface area contributed by atoms with Crippen LogP contribution in [0.1, 0.15) is 56.5 Å². The summed E-state index contributed by atoms with van der Waals surface area (Å²) >= 11 is 3.93. The lowest BCUT2D eigenvalue weighted by molar-refractivity contribution is 0.183. The van der Waals surface area contributed by atoms with Crippen molar-refractivity contribution >= 4 is 23.5 Å². The Balaban J connectivity index is 1.79. The van der Waals surface area contributed by atoms with Gasteiger partial charge in [-0.05, 0) is 18.8 Å². The Kier molecular flexibility index (Phi) is 4.34. The van der Waals surface area contributed by atoms with Crippen LogP contribution in [0.25, 0.3) is 0 Å². The maximum Gasteiger partial charge on any atom is 0.246 e. The monoisotopic (exact) mass is 313 g/mol. The Morgan fingerprint density at radius 3 is 2.85 bits per heavy atom. The predicted molar refractivity (Wildman–Crippen MR) is 84.9 cm³/mol. The fourth-order valence-electron chi connectivity index (χ4n) is 3.26. The molecule has 2 aliphatic rings. The van der Waals surface area contributed by atoms with Crippen molar-refractivity contribution in [3.63, 3.8) is 0 Å². The van der Waals surface area contributed by atoms with E-state index in [2.05, 4.69) is 24.0 Å². The molecule has 6 heteroatoms. The Hall–Kier alpha value is -0.200. The van der Waals surface area contributed by atoms with E-state index in [0.29, 0.717) is 22.3 Å². The van der Waals surface area contributed by atoms with E-state index in [9.17, 15) is 0 Å². The zero-order chi connectivity index (χ0) is 14.2. The third-order valence-corrected chi connectivity index (χ3v) is 7.43. The van der Waals surface area contributed by atoms with Crippen LogP contribution in [0, 0.1) is 5.92 Å². The summed E-state index contributed by atoms with van der Waals surface area (Å²) in [4.78, 5) is 4.68. The molecule has 4 atom stereocenters. The standard InChI is InChI=1S/C14H23N3OS2/c1-9-4-3-5-14(15,8-9)13-16-12(17-18-13)11-10(2)19-6-7-20-11/h9-11H,3-8,15H2,1-2H3. The average molecular weight is 313 g/mol. The number of rotatable bonds is 2. The van der Waals surface area contributed by atoms with Crippen LogP contribution in [0.5, 0.6) is 0 Å². The molecule has 3 rings (SSSR count). The minimum atomic E-state index is -0.404. The van der Waals surface area contributed by atoms with E-state index in [4.69, 9.17) is 10.3 Å². The second-order valence-corrected chi connectivity index (χ2v) is 8.92. The number of nitrogens with zero attached hydrogens (tertiary/aromatic N) is 2. The van der Waals surface area contributed by atoms with Gasteiger partial charge in [0.25, 0.3) is 0 Å². The van der Waals surface area contributed by atoms with Gasteiger partial charge >= 0.3 is 0 Å².